The lowest BCUT2D eigenvalue weighted by Gasteiger charge is -2.17. The molecule has 0 aliphatic carbocycles. The Morgan fingerprint density at radius 1 is 1.21 bits per heavy atom. The summed E-state index contributed by atoms with van der Waals surface area (Å²) in [6.45, 7) is 0.953. The summed E-state index contributed by atoms with van der Waals surface area (Å²) in [6.07, 6.45) is 3.34. The Hall–Kier alpha value is -3.20. The van der Waals surface area contributed by atoms with Gasteiger partial charge in [-0.1, -0.05) is 48.0 Å². The Kier molecular flexibility index (Phi) is 7.08. The first-order valence-corrected chi connectivity index (χ1v) is 11.1. The Morgan fingerprint density at radius 2 is 1.97 bits per heavy atom. The van der Waals surface area contributed by atoms with Gasteiger partial charge in [-0.25, -0.2) is 0 Å². The van der Waals surface area contributed by atoms with Gasteiger partial charge in [0.1, 0.15) is 5.56 Å². The summed E-state index contributed by atoms with van der Waals surface area (Å²) in [6, 6.07) is 15.7. The number of halogens is 1. The first-order chi connectivity index (χ1) is 16.0. The lowest BCUT2D eigenvalue weighted by molar-refractivity contribution is 0.182. The van der Waals surface area contributed by atoms with Gasteiger partial charge in [-0.2, -0.15) is 0 Å². The van der Waals surface area contributed by atoms with Crippen LogP contribution in [0.25, 0.3) is 10.9 Å². The third-order valence-corrected chi connectivity index (χ3v) is 6.18. The van der Waals surface area contributed by atoms with Gasteiger partial charge in [0.15, 0.2) is 4.77 Å². The highest BCUT2D eigenvalue weighted by atomic mass is 35.5. The molecule has 0 aliphatic rings. The van der Waals surface area contributed by atoms with Crippen molar-refractivity contribution in [3.8, 4) is 5.88 Å². The minimum absolute atomic E-state index is 0.0385. The molecule has 2 aromatic carbocycles. The number of hydrogen-bond donors (Lipinski definition) is 3. The van der Waals surface area contributed by atoms with E-state index in [1.54, 1.807) is 7.11 Å². The molecule has 4 rings (SSSR count). The number of methoxy groups -OCH3 is 1. The molecule has 0 radical (unpaired) electrons. The van der Waals surface area contributed by atoms with Crippen molar-refractivity contribution < 1.29 is 9.84 Å². The molecule has 0 fully saturated rings. The third-order valence-electron chi connectivity index (χ3n) is 5.51. The monoisotopic (exact) mass is 482 g/mol. The first kappa shape index (κ1) is 23.0. The second-order valence-corrected chi connectivity index (χ2v) is 8.29. The molecule has 2 aromatic heterocycles. The van der Waals surface area contributed by atoms with Crippen molar-refractivity contribution in [1.82, 2.24) is 14.5 Å². The molecule has 0 spiro atoms. The van der Waals surface area contributed by atoms with E-state index < -0.39 is 5.56 Å². The minimum atomic E-state index is -0.503. The van der Waals surface area contributed by atoms with Crippen LogP contribution in [0.3, 0.4) is 0 Å². The molecule has 0 saturated heterocycles. The Balaban J connectivity index is 1.72. The van der Waals surface area contributed by atoms with Gasteiger partial charge in [-0.05, 0) is 35.5 Å². The molecule has 2 heterocycles. The number of nitrogens with zero attached hydrogens (tertiary/aromatic N) is 2. The molecule has 0 unspecified atom stereocenters. The van der Waals surface area contributed by atoms with Crippen LogP contribution in [-0.4, -0.2) is 46.1 Å². The summed E-state index contributed by atoms with van der Waals surface area (Å²) in [7, 11) is 1.55. The fourth-order valence-corrected chi connectivity index (χ4v) is 4.37. The van der Waals surface area contributed by atoms with E-state index in [4.69, 9.17) is 28.6 Å². The van der Waals surface area contributed by atoms with Gasteiger partial charge in [0, 0.05) is 47.9 Å². The van der Waals surface area contributed by atoms with Gasteiger partial charge in [0.25, 0.3) is 5.56 Å². The van der Waals surface area contributed by atoms with Crippen molar-refractivity contribution in [2.24, 2.45) is 4.99 Å². The molecule has 7 nitrogen and oxygen atoms in total. The molecule has 170 valence electrons. The van der Waals surface area contributed by atoms with Gasteiger partial charge in [0.05, 0.1) is 13.2 Å². The fraction of sp³-hybridized carbons (Fsp3) is 0.208. The summed E-state index contributed by atoms with van der Waals surface area (Å²) >= 11 is 11.7. The maximum absolute atomic E-state index is 12.4. The first-order valence-electron chi connectivity index (χ1n) is 10.4. The minimum Gasteiger partial charge on any atom is -0.494 e. The maximum atomic E-state index is 12.4. The van der Waals surface area contributed by atoms with Crippen LogP contribution in [0.1, 0.15) is 22.6 Å². The molecule has 0 amide bonds. The lowest BCUT2D eigenvalue weighted by atomic mass is 9.91. The number of nitrogens with one attached hydrogen (secondary N) is 2. The highest BCUT2D eigenvalue weighted by Crippen LogP contribution is 2.34. The summed E-state index contributed by atoms with van der Waals surface area (Å²) in [5.74, 6) is -0.405. The van der Waals surface area contributed by atoms with E-state index >= 15 is 0 Å². The Labute approximate surface area is 200 Å². The molecule has 9 heteroatoms. The second-order valence-electron chi connectivity index (χ2n) is 7.50. The van der Waals surface area contributed by atoms with E-state index in [2.05, 4.69) is 15.0 Å². The van der Waals surface area contributed by atoms with Gasteiger partial charge in [0.2, 0.25) is 5.88 Å². The highest BCUT2D eigenvalue weighted by molar-refractivity contribution is 7.71. The lowest BCUT2D eigenvalue weighted by Crippen LogP contribution is -2.20. The van der Waals surface area contributed by atoms with E-state index in [-0.39, 0.29) is 22.1 Å². The van der Waals surface area contributed by atoms with Crippen LogP contribution in [0.2, 0.25) is 5.02 Å². The molecule has 4 aromatic rings. The number of hydrogen-bond acceptors (Lipinski definition) is 5. The standard InChI is InChI=1S/C24H23ClN4O3S/c1-32-11-10-29-23(31)19(22(30)28-24(29)33)13-26-12-17(15-6-2-4-8-20(15)25)18-14-27-21-9-5-3-7-16(18)21/h2-9,13-14,17,27,31H,10-12H2,1H3,(H,28,30,33)/t17-/m0/s1. The molecular weight excluding hydrogens is 460 g/mol. The zero-order chi connectivity index (χ0) is 23.4. The number of aromatic amines is 2. The van der Waals surface area contributed by atoms with Crippen molar-refractivity contribution in [2.45, 2.75) is 12.5 Å². The predicted molar refractivity (Wildman–Crippen MR) is 133 cm³/mol. The summed E-state index contributed by atoms with van der Waals surface area (Å²) in [5.41, 5.74) is 2.52. The number of aromatic nitrogens is 3. The molecule has 33 heavy (non-hydrogen) atoms. The van der Waals surface area contributed by atoms with Gasteiger partial charge < -0.3 is 14.8 Å². The van der Waals surface area contributed by atoms with Gasteiger partial charge >= 0.3 is 0 Å². The van der Waals surface area contributed by atoms with Crippen LogP contribution in [0, 0.1) is 4.77 Å². The zero-order valence-electron chi connectivity index (χ0n) is 17.9. The number of benzene rings is 2. The average Bonchev–Trinajstić information content (AvgIpc) is 3.23. The topological polar surface area (TPSA) is 95.4 Å². The second kappa shape index (κ2) is 10.2. The molecule has 3 N–H and O–H groups in total. The molecule has 0 bridgehead atoms. The number of ether oxygens (including phenoxy) is 1. The molecule has 0 aliphatic heterocycles. The van der Waals surface area contributed by atoms with Crippen LogP contribution in [0.15, 0.2) is 64.5 Å². The number of H-pyrrole nitrogens is 2. The van der Waals surface area contributed by atoms with Gasteiger partial charge in [-0.15, -0.1) is 0 Å². The van der Waals surface area contributed by atoms with E-state index in [0.29, 0.717) is 24.7 Å². The molecule has 1 atom stereocenters. The molecule has 0 saturated carbocycles. The van der Waals surface area contributed by atoms with Crippen molar-refractivity contribution in [3.63, 3.8) is 0 Å². The van der Waals surface area contributed by atoms with Crippen molar-refractivity contribution in [1.29, 1.82) is 0 Å². The molecular formula is C24H23ClN4O3S. The number of aromatic hydroxyl groups is 1. The number of rotatable bonds is 8. The summed E-state index contributed by atoms with van der Waals surface area (Å²) in [5, 5.41) is 12.3. The number of aliphatic imine (C=N–C) groups is 1. The number of para-hydroxylation sites is 1. The van der Waals surface area contributed by atoms with E-state index in [9.17, 15) is 9.90 Å². The van der Waals surface area contributed by atoms with E-state index in [0.717, 1.165) is 22.0 Å². The third kappa shape index (κ3) is 4.78. The van der Waals surface area contributed by atoms with Crippen LogP contribution in [-0.2, 0) is 11.3 Å². The maximum Gasteiger partial charge on any atom is 0.264 e. The van der Waals surface area contributed by atoms with Gasteiger partial charge in [-0.3, -0.25) is 19.3 Å². The van der Waals surface area contributed by atoms with Crippen molar-refractivity contribution in [3.05, 3.63) is 91.6 Å². The van der Waals surface area contributed by atoms with E-state index in [1.165, 1.54) is 10.8 Å². The largest absolute Gasteiger partial charge is 0.494 e. The SMILES string of the molecule is COCCn1c(O)c(C=NC[C@@H](c2ccccc2Cl)c2c[nH]c3ccccc23)c(=O)[nH]c1=S. The van der Waals surface area contributed by atoms with Crippen molar-refractivity contribution >= 4 is 40.9 Å². The Bertz CT molecular complexity index is 1420. The summed E-state index contributed by atoms with van der Waals surface area (Å²) in [4.78, 5) is 22.9. The van der Waals surface area contributed by atoms with Crippen LogP contribution >= 0.6 is 23.8 Å². The average molecular weight is 483 g/mol. The van der Waals surface area contributed by atoms with Crippen LogP contribution in [0.5, 0.6) is 5.88 Å². The number of fused-ring (bicyclic) bond motifs is 1. The van der Waals surface area contributed by atoms with Crippen LogP contribution < -0.4 is 5.56 Å². The quantitative estimate of drug-likeness (QED) is 0.252. The fourth-order valence-electron chi connectivity index (χ4n) is 3.84. The summed E-state index contributed by atoms with van der Waals surface area (Å²) < 4.78 is 6.59. The highest BCUT2D eigenvalue weighted by Gasteiger charge is 2.20. The smallest absolute Gasteiger partial charge is 0.264 e. The Morgan fingerprint density at radius 3 is 2.76 bits per heavy atom. The normalized spacial score (nSPS) is 12.5. The zero-order valence-corrected chi connectivity index (χ0v) is 19.5. The van der Waals surface area contributed by atoms with E-state index in [1.807, 2.05) is 54.7 Å². The van der Waals surface area contributed by atoms with Crippen molar-refractivity contribution in [2.75, 3.05) is 20.3 Å². The van der Waals surface area contributed by atoms with Crippen LogP contribution in [0.4, 0.5) is 0 Å². The predicted octanol–water partition coefficient (Wildman–Crippen LogP) is 4.64.